The number of carboxylic acids is 1. The van der Waals surface area contributed by atoms with E-state index < -0.39 is 12.1 Å². The fraction of sp³-hybridized carbons (Fsp3) is 0.348. The second-order valence-corrected chi connectivity index (χ2v) is 7.52. The number of aliphatic hydroxyl groups excluding tert-OH is 1. The number of aromatic nitrogens is 3. The summed E-state index contributed by atoms with van der Waals surface area (Å²) >= 11 is 0. The number of methoxy groups -OCH3 is 1. The lowest BCUT2D eigenvalue weighted by Gasteiger charge is -2.11. The zero-order valence-electron chi connectivity index (χ0n) is 18.1. The number of hydrogen-bond donors (Lipinski definition) is 3. The van der Waals surface area contributed by atoms with Crippen LogP contribution in [0.15, 0.2) is 54.6 Å². The summed E-state index contributed by atoms with van der Waals surface area (Å²) in [5.74, 6) is 2.14. The van der Waals surface area contributed by atoms with Gasteiger partial charge < -0.3 is 25.4 Å². The summed E-state index contributed by atoms with van der Waals surface area (Å²) in [6.07, 6.45) is 0.735. The maximum absolute atomic E-state index is 10.1. The van der Waals surface area contributed by atoms with Crippen LogP contribution in [0.3, 0.4) is 0 Å². The van der Waals surface area contributed by atoms with Crippen molar-refractivity contribution in [2.75, 3.05) is 7.11 Å². The first-order valence-corrected chi connectivity index (χ1v) is 10.3. The third kappa shape index (κ3) is 6.05. The molecule has 1 heterocycles. The quantitative estimate of drug-likeness (QED) is 0.533. The highest BCUT2D eigenvalue weighted by atomic mass is 16.5. The van der Waals surface area contributed by atoms with Crippen molar-refractivity contribution in [2.24, 2.45) is 5.73 Å². The van der Waals surface area contributed by atoms with Gasteiger partial charge in [-0.15, -0.1) is 5.10 Å². The van der Waals surface area contributed by atoms with Crippen LogP contribution in [0, 0.1) is 0 Å². The average Bonchev–Trinajstić information content (AvgIpc) is 3.36. The Labute approximate surface area is 186 Å². The maximum atomic E-state index is 10.1. The smallest absolute Gasteiger partial charge is 0.300 e. The summed E-state index contributed by atoms with van der Waals surface area (Å²) in [6.45, 7) is 1.35. The van der Waals surface area contributed by atoms with Gasteiger partial charge in [0, 0.05) is 18.9 Å². The molecule has 0 amide bonds. The van der Waals surface area contributed by atoms with E-state index in [1.807, 2.05) is 59.3 Å². The van der Waals surface area contributed by atoms with Gasteiger partial charge in [-0.25, -0.2) is 9.67 Å². The maximum Gasteiger partial charge on any atom is 0.300 e. The van der Waals surface area contributed by atoms with Crippen LogP contribution in [0.25, 0.3) is 5.69 Å². The lowest BCUT2D eigenvalue weighted by atomic mass is 10.1. The van der Waals surface area contributed by atoms with Crippen LogP contribution < -0.4 is 15.2 Å². The molecule has 1 aliphatic carbocycles. The fourth-order valence-electron chi connectivity index (χ4n) is 3.53. The molecule has 3 aromatic rings. The molecule has 0 spiro atoms. The Balaban J connectivity index is 0.000000668. The molecule has 1 aromatic heterocycles. The number of aliphatic hydroxyl groups is 1. The van der Waals surface area contributed by atoms with E-state index in [1.165, 1.54) is 0 Å². The van der Waals surface area contributed by atoms with E-state index in [2.05, 4.69) is 5.10 Å². The molecule has 0 unspecified atom stereocenters. The highest BCUT2D eigenvalue weighted by Crippen LogP contribution is 2.34. The number of carboxylic acid groups (broad SMARTS) is 1. The van der Waals surface area contributed by atoms with Crippen molar-refractivity contribution in [1.29, 1.82) is 0 Å². The second kappa shape index (κ2) is 10.7. The summed E-state index contributed by atoms with van der Waals surface area (Å²) in [4.78, 5) is 13.7. The average molecular weight is 441 g/mol. The van der Waals surface area contributed by atoms with Crippen molar-refractivity contribution >= 4 is 5.97 Å². The van der Waals surface area contributed by atoms with E-state index in [-0.39, 0.29) is 18.6 Å². The van der Waals surface area contributed by atoms with Crippen molar-refractivity contribution in [3.8, 4) is 17.2 Å². The standard InChI is InChI=1S/C21H24N4O3.C2H4O2/c1-27-16-9-7-15(8-10-16)25-21(14-11-18(22)19(26)12-14)23-20(24-25)13-28-17-5-3-2-4-6-17;1-2(3)4/h2-10,14,18-19,26H,11-13,22H2,1H3;1H3,(H,3,4)/t14-,18+,19+;/m0./s1. The Bertz CT molecular complexity index is 993. The molecule has 1 saturated carbocycles. The van der Waals surface area contributed by atoms with Gasteiger partial charge >= 0.3 is 0 Å². The van der Waals surface area contributed by atoms with Gasteiger partial charge in [-0.2, -0.15) is 0 Å². The fourth-order valence-corrected chi connectivity index (χ4v) is 3.53. The summed E-state index contributed by atoms with van der Waals surface area (Å²) in [5, 5.41) is 22.2. The molecule has 3 atom stereocenters. The minimum Gasteiger partial charge on any atom is -0.497 e. The van der Waals surface area contributed by atoms with Crippen LogP contribution in [0.1, 0.15) is 37.3 Å². The van der Waals surface area contributed by atoms with Crippen molar-refractivity contribution in [3.05, 3.63) is 66.2 Å². The van der Waals surface area contributed by atoms with E-state index >= 15 is 0 Å². The molecule has 9 nitrogen and oxygen atoms in total. The first kappa shape index (κ1) is 23.2. The van der Waals surface area contributed by atoms with Crippen molar-refractivity contribution in [1.82, 2.24) is 14.8 Å². The van der Waals surface area contributed by atoms with Crippen LogP contribution in [-0.2, 0) is 11.4 Å². The van der Waals surface area contributed by atoms with Crippen LogP contribution in [0.5, 0.6) is 11.5 Å². The highest BCUT2D eigenvalue weighted by Gasteiger charge is 2.34. The lowest BCUT2D eigenvalue weighted by Crippen LogP contribution is -2.28. The van der Waals surface area contributed by atoms with E-state index in [1.54, 1.807) is 7.11 Å². The van der Waals surface area contributed by atoms with Crippen molar-refractivity contribution in [3.63, 3.8) is 0 Å². The molecular weight excluding hydrogens is 412 g/mol. The highest BCUT2D eigenvalue weighted by molar-refractivity contribution is 5.62. The van der Waals surface area contributed by atoms with E-state index in [0.717, 1.165) is 29.9 Å². The zero-order chi connectivity index (χ0) is 23.1. The van der Waals surface area contributed by atoms with Gasteiger partial charge in [0.2, 0.25) is 0 Å². The first-order chi connectivity index (χ1) is 15.4. The molecule has 1 fully saturated rings. The second-order valence-electron chi connectivity index (χ2n) is 7.52. The molecule has 32 heavy (non-hydrogen) atoms. The molecule has 0 aliphatic heterocycles. The minimum absolute atomic E-state index is 0.0464. The van der Waals surface area contributed by atoms with E-state index in [4.69, 9.17) is 30.1 Å². The van der Waals surface area contributed by atoms with Crippen LogP contribution >= 0.6 is 0 Å². The monoisotopic (exact) mass is 440 g/mol. The number of para-hydroxylation sites is 1. The van der Waals surface area contributed by atoms with Gasteiger partial charge in [0.1, 0.15) is 23.9 Å². The number of aliphatic carboxylic acids is 1. The van der Waals surface area contributed by atoms with Gasteiger partial charge in [-0.3, -0.25) is 4.79 Å². The molecular formula is C23H28N4O5. The van der Waals surface area contributed by atoms with Gasteiger partial charge in [0.05, 0.1) is 18.9 Å². The number of ether oxygens (including phenoxy) is 2. The molecule has 1 aliphatic rings. The normalized spacial score (nSPS) is 19.7. The van der Waals surface area contributed by atoms with E-state index in [9.17, 15) is 5.11 Å². The molecule has 9 heteroatoms. The molecule has 2 aromatic carbocycles. The van der Waals surface area contributed by atoms with Crippen LogP contribution in [-0.4, -0.2) is 50.2 Å². The molecule has 0 saturated heterocycles. The summed E-state index contributed by atoms with van der Waals surface area (Å²) in [7, 11) is 1.64. The molecule has 4 rings (SSSR count). The lowest BCUT2D eigenvalue weighted by molar-refractivity contribution is -0.134. The van der Waals surface area contributed by atoms with E-state index in [0.29, 0.717) is 18.7 Å². The topological polar surface area (TPSA) is 133 Å². The molecule has 0 bridgehead atoms. The van der Waals surface area contributed by atoms with Crippen LogP contribution in [0.2, 0.25) is 0 Å². The number of rotatable bonds is 6. The largest absolute Gasteiger partial charge is 0.497 e. The Morgan fingerprint density at radius 1 is 1.12 bits per heavy atom. The van der Waals surface area contributed by atoms with Gasteiger partial charge in [0.25, 0.3) is 5.97 Å². The third-order valence-corrected chi connectivity index (χ3v) is 5.05. The minimum atomic E-state index is -0.833. The van der Waals surface area contributed by atoms with Gasteiger partial charge in [0.15, 0.2) is 5.82 Å². The molecule has 170 valence electrons. The van der Waals surface area contributed by atoms with Crippen molar-refractivity contribution < 1.29 is 24.5 Å². The summed E-state index contributed by atoms with van der Waals surface area (Å²) in [6, 6.07) is 17.0. The Kier molecular flexibility index (Phi) is 7.80. The molecule has 4 N–H and O–H groups in total. The first-order valence-electron chi connectivity index (χ1n) is 10.3. The zero-order valence-corrected chi connectivity index (χ0v) is 18.1. The van der Waals surface area contributed by atoms with Crippen LogP contribution in [0.4, 0.5) is 0 Å². The molecule has 0 radical (unpaired) electrons. The predicted octanol–water partition coefficient (Wildman–Crippen LogP) is 2.51. The number of carbonyl (C=O) groups is 1. The number of benzene rings is 2. The Morgan fingerprint density at radius 3 is 2.34 bits per heavy atom. The summed E-state index contributed by atoms with van der Waals surface area (Å²) < 4.78 is 12.9. The van der Waals surface area contributed by atoms with Gasteiger partial charge in [-0.1, -0.05) is 18.2 Å². The number of hydrogen-bond acceptors (Lipinski definition) is 7. The number of nitrogens with zero attached hydrogens (tertiary/aromatic N) is 3. The summed E-state index contributed by atoms with van der Waals surface area (Å²) in [5.41, 5.74) is 6.90. The van der Waals surface area contributed by atoms with Gasteiger partial charge in [-0.05, 0) is 49.2 Å². The Hall–Kier alpha value is -3.43. The SMILES string of the molecule is CC(=O)O.COc1ccc(-n2nc(COc3ccccc3)nc2[C@H]2C[C@@H](N)[C@H](O)C2)cc1. The predicted molar refractivity (Wildman–Crippen MR) is 118 cm³/mol. The third-order valence-electron chi connectivity index (χ3n) is 5.05. The van der Waals surface area contributed by atoms with Crippen molar-refractivity contribution in [2.45, 2.75) is 44.4 Å². The number of nitrogens with two attached hydrogens (primary N) is 1. The Morgan fingerprint density at radius 2 is 1.78 bits per heavy atom.